The number of carbonyl (C=O) groups excluding carboxylic acids is 3. The van der Waals surface area contributed by atoms with Crippen molar-refractivity contribution in [1.82, 2.24) is 25.4 Å². The van der Waals surface area contributed by atoms with Gasteiger partial charge in [-0.25, -0.2) is 0 Å². The molecule has 0 saturated carbocycles. The number of alkyl halides is 3. The molecule has 12 heteroatoms. The lowest BCUT2D eigenvalue weighted by Gasteiger charge is -2.34. The molecule has 3 aliphatic heterocycles. The summed E-state index contributed by atoms with van der Waals surface area (Å²) < 4.78 is 40.6. The maximum absolute atomic E-state index is 14.0. The summed E-state index contributed by atoms with van der Waals surface area (Å²) in [6.45, 7) is 2.44. The summed E-state index contributed by atoms with van der Waals surface area (Å²) in [6.07, 6.45) is -0.348. The fraction of sp³-hybridized carbons (Fsp3) is 0.444. The summed E-state index contributed by atoms with van der Waals surface area (Å²) in [5.41, 5.74) is 2.12. The standard InChI is InChI=1S/C27H27F3N6O3/c1-15-17(24(38)18-11-16-12-33-34-19(16)13-32-18)4-5-20-23(15)26(6-8-31-9-7-26)25(39)36(20)14-22(37)35-10-2-3-21(35)27(28,29)30/h4-5,11-13,21,31H,2-3,6-10,14H2,1H3,(H,33,34)/t21-/m1/s1. The minimum atomic E-state index is -4.52. The van der Waals surface area contributed by atoms with Gasteiger partial charge in [0.05, 0.1) is 23.3 Å². The molecule has 2 amide bonds. The van der Waals surface area contributed by atoms with Gasteiger partial charge in [-0.1, -0.05) is 0 Å². The number of fused-ring (bicyclic) bond motifs is 3. The number of ketones is 1. The Morgan fingerprint density at radius 2 is 1.95 bits per heavy atom. The number of benzene rings is 1. The molecule has 204 valence electrons. The van der Waals surface area contributed by atoms with Crippen molar-refractivity contribution >= 4 is 34.2 Å². The monoisotopic (exact) mass is 540 g/mol. The van der Waals surface area contributed by atoms with Gasteiger partial charge in [0.15, 0.2) is 0 Å². The maximum atomic E-state index is 14.0. The molecule has 0 radical (unpaired) electrons. The first-order chi connectivity index (χ1) is 18.6. The summed E-state index contributed by atoms with van der Waals surface area (Å²) >= 11 is 0. The number of rotatable bonds is 4. The predicted octanol–water partition coefficient (Wildman–Crippen LogP) is 3.02. The third-order valence-electron chi connectivity index (χ3n) is 8.37. The molecule has 1 aromatic carbocycles. The van der Waals surface area contributed by atoms with Gasteiger partial charge in [-0.05, 0) is 75.0 Å². The number of hydrogen-bond acceptors (Lipinski definition) is 6. The number of amides is 2. The van der Waals surface area contributed by atoms with Crippen LogP contribution in [-0.2, 0) is 15.0 Å². The fourth-order valence-corrected chi connectivity index (χ4v) is 6.46. The first-order valence-electron chi connectivity index (χ1n) is 13.0. The van der Waals surface area contributed by atoms with Crippen LogP contribution in [0.4, 0.5) is 18.9 Å². The van der Waals surface area contributed by atoms with E-state index in [9.17, 15) is 27.6 Å². The number of nitrogens with zero attached hydrogens (tertiary/aromatic N) is 4. The van der Waals surface area contributed by atoms with E-state index in [-0.39, 0.29) is 36.8 Å². The lowest BCUT2D eigenvalue weighted by Crippen LogP contribution is -2.52. The molecule has 39 heavy (non-hydrogen) atoms. The highest BCUT2D eigenvalue weighted by Crippen LogP contribution is 2.49. The molecule has 1 atom stereocenters. The van der Waals surface area contributed by atoms with Gasteiger partial charge in [-0.2, -0.15) is 18.3 Å². The van der Waals surface area contributed by atoms with Gasteiger partial charge in [0, 0.05) is 23.2 Å². The second-order valence-corrected chi connectivity index (χ2v) is 10.5. The van der Waals surface area contributed by atoms with Gasteiger partial charge in [0.1, 0.15) is 18.3 Å². The van der Waals surface area contributed by atoms with Crippen molar-refractivity contribution in [3.63, 3.8) is 0 Å². The summed E-state index contributed by atoms with van der Waals surface area (Å²) in [7, 11) is 0. The average molecular weight is 541 g/mol. The Morgan fingerprint density at radius 3 is 2.69 bits per heavy atom. The van der Waals surface area contributed by atoms with E-state index in [0.29, 0.717) is 53.8 Å². The van der Waals surface area contributed by atoms with Gasteiger partial charge in [-0.15, -0.1) is 0 Å². The van der Waals surface area contributed by atoms with Crippen molar-refractivity contribution in [1.29, 1.82) is 0 Å². The highest BCUT2D eigenvalue weighted by atomic mass is 19.4. The number of hydrogen-bond donors (Lipinski definition) is 2. The van der Waals surface area contributed by atoms with E-state index >= 15 is 0 Å². The van der Waals surface area contributed by atoms with Crippen LogP contribution in [0.15, 0.2) is 30.6 Å². The molecule has 1 spiro atoms. The van der Waals surface area contributed by atoms with Crippen LogP contribution in [0, 0.1) is 6.92 Å². The number of pyridine rings is 1. The van der Waals surface area contributed by atoms with Crippen LogP contribution in [0.5, 0.6) is 0 Å². The highest BCUT2D eigenvalue weighted by Gasteiger charge is 2.54. The quantitative estimate of drug-likeness (QED) is 0.493. The minimum Gasteiger partial charge on any atom is -0.329 e. The molecule has 0 bridgehead atoms. The van der Waals surface area contributed by atoms with Crippen LogP contribution in [0.25, 0.3) is 10.9 Å². The van der Waals surface area contributed by atoms with Crippen LogP contribution in [0.1, 0.15) is 52.9 Å². The number of aromatic nitrogens is 3. The van der Waals surface area contributed by atoms with Crippen LogP contribution >= 0.6 is 0 Å². The molecule has 9 nitrogen and oxygen atoms in total. The highest BCUT2D eigenvalue weighted by molar-refractivity contribution is 6.15. The van der Waals surface area contributed by atoms with Crippen molar-refractivity contribution in [3.8, 4) is 0 Å². The van der Waals surface area contributed by atoms with Crippen molar-refractivity contribution in [3.05, 3.63) is 53.0 Å². The second kappa shape index (κ2) is 9.15. The van der Waals surface area contributed by atoms with E-state index in [0.717, 1.165) is 10.3 Å². The largest absolute Gasteiger partial charge is 0.408 e. The molecule has 2 saturated heterocycles. The number of likely N-dealkylation sites (tertiary alicyclic amines) is 1. The first kappa shape index (κ1) is 25.5. The van der Waals surface area contributed by atoms with Crippen LogP contribution in [0.3, 0.4) is 0 Å². The van der Waals surface area contributed by atoms with Gasteiger partial charge in [0.2, 0.25) is 17.6 Å². The van der Waals surface area contributed by atoms with E-state index in [1.54, 1.807) is 31.3 Å². The Morgan fingerprint density at radius 1 is 1.18 bits per heavy atom. The Bertz CT molecular complexity index is 1490. The van der Waals surface area contributed by atoms with E-state index in [2.05, 4.69) is 20.5 Å². The topological polar surface area (TPSA) is 111 Å². The van der Waals surface area contributed by atoms with E-state index in [1.807, 2.05) is 0 Å². The Balaban J connectivity index is 1.38. The average Bonchev–Trinajstić information content (AvgIpc) is 3.64. The Labute approximate surface area is 221 Å². The zero-order chi connectivity index (χ0) is 27.5. The number of carbonyl (C=O) groups is 3. The third kappa shape index (κ3) is 4.00. The van der Waals surface area contributed by atoms with E-state index in [4.69, 9.17) is 0 Å². The number of halogens is 3. The van der Waals surface area contributed by atoms with Crippen LogP contribution < -0.4 is 10.2 Å². The van der Waals surface area contributed by atoms with Crippen LogP contribution in [0.2, 0.25) is 0 Å². The third-order valence-corrected chi connectivity index (χ3v) is 8.37. The number of anilines is 1. The number of piperidine rings is 1. The normalized spacial score (nSPS) is 20.7. The van der Waals surface area contributed by atoms with Gasteiger partial charge >= 0.3 is 6.18 Å². The molecular weight excluding hydrogens is 513 g/mol. The van der Waals surface area contributed by atoms with E-state index < -0.39 is 30.1 Å². The van der Waals surface area contributed by atoms with Crippen molar-refractivity contribution < 1.29 is 27.6 Å². The smallest absolute Gasteiger partial charge is 0.329 e. The summed E-state index contributed by atoms with van der Waals surface area (Å²) in [5.74, 6) is -1.34. The molecule has 2 aromatic heterocycles. The SMILES string of the molecule is Cc1c(C(=O)c2cc3cn[nH]c3cn2)ccc2c1C1(CCNCC1)C(=O)N2CC(=O)N1CCC[C@@H]1C(F)(F)F. The van der Waals surface area contributed by atoms with Gasteiger partial charge in [0.25, 0.3) is 0 Å². The molecule has 3 aromatic rings. The molecule has 2 N–H and O–H groups in total. The number of aromatic amines is 1. The summed E-state index contributed by atoms with van der Waals surface area (Å²) in [5, 5.41) is 10.8. The first-order valence-corrected chi connectivity index (χ1v) is 13.0. The Kier molecular flexibility index (Phi) is 5.97. The molecule has 2 fully saturated rings. The Hall–Kier alpha value is -3.80. The fourth-order valence-electron chi connectivity index (χ4n) is 6.46. The minimum absolute atomic E-state index is 0.00738. The lowest BCUT2D eigenvalue weighted by atomic mass is 9.71. The molecular formula is C27H27F3N6O3. The maximum Gasteiger partial charge on any atom is 0.408 e. The van der Waals surface area contributed by atoms with Crippen molar-refractivity contribution in [2.45, 2.75) is 50.2 Å². The predicted molar refractivity (Wildman–Crippen MR) is 135 cm³/mol. The molecule has 0 aliphatic carbocycles. The second-order valence-electron chi connectivity index (χ2n) is 10.5. The molecule has 3 aliphatic rings. The molecule has 6 rings (SSSR count). The van der Waals surface area contributed by atoms with Gasteiger partial charge < -0.3 is 15.1 Å². The van der Waals surface area contributed by atoms with E-state index in [1.165, 1.54) is 11.1 Å². The lowest BCUT2D eigenvalue weighted by molar-refractivity contribution is -0.182. The zero-order valence-electron chi connectivity index (χ0n) is 21.3. The summed E-state index contributed by atoms with van der Waals surface area (Å²) in [4.78, 5) is 47.2. The van der Waals surface area contributed by atoms with Gasteiger partial charge in [-0.3, -0.25) is 24.5 Å². The zero-order valence-corrected chi connectivity index (χ0v) is 21.3. The molecule has 0 unspecified atom stereocenters. The number of nitrogens with one attached hydrogen (secondary N) is 2. The summed E-state index contributed by atoms with van der Waals surface area (Å²) in [6, 6.07) is 3.06. The van der Waals surface area contributed by atoms with Crippen LogP contribution in [-0.4, -0.2) is 76.1 Å². The van der Waals surface area contributed by atoms with Crippen molar-refractivity contribution in [2.75, 3.05) is 31.1 Å². The number of H-pyrrole nitrogens is 1. The molecule has 5 heterocycles. The van der Waals surface area contributed by atoms with Crippen molar-refractivity contribution in [2.24, 2.45) is 0 Å².